The molecule has 0 fully saturated rings. The van der Waals surface area contributed by atoms with Crippen LogP contribution in [0.4, 0.5) is 0 Å². The number of aryl methyl sites for hydroxylation is 1. The molecule has 0 spiro atoms. The minimum atomic E-state index is 0.0247. The van der Waals surface area contributed by atoms with Crippen LogP contribution in [0.3, 0.4) is 0 Å². The predicted molar refractivity (Wildman–Crippen MR) is 73.9 cm³/mol. The minimum Gasteiger partial charge on any atom is -0.493 e. The van der Waals surface area contributed by atoms with Gasteiger partial charge in [-0.3, -0.25) is 4.79 Å². The molecule has 0 aliphatic carbocycles. The predicted octanol–water partition coefficient (Wildman–Crippen LogP) is 3.08. The molecule has 1 aliphatic rings. The van der Waals surface area contributed by atoms with Crippen molar-refractivity contribution in [1.29, 1.82) is 0 Å². The number of hydrogen-bond acceptors (Lipinski definition) is 4. The van der Waals surface area contributed by atoms with Crippen molar-refractivity contribution < 1.29 is 14.3 Å². The summed E-state index contributed by atoms with van der Waals surface area (Å²) in [6.45, 7) is 3.99. The fourth-order valence-electron chi connectivity index (χ4n) is 2.27. The summed E-state index contributed by atoms with van der Waals surface area (Å²) >= 11 is 1.80. The molecule has 1 atom stereocenters. The number of carbonyl (C=O) groups excluding carboxylic acids is 1. The number of hydrogen-bond donors (Lipinski definition) is 0. The molecule has 98 valence electrons. The Balaban J connectivity index is 2.71. The van der Waals surface area contributed by atoms with Gasteiger partial charge in [-0.05, 0) is 24.1 Å². The number of fused-ring (bicyclic) bond motifs is 1. The van der Waals surface area contributed by atoms with Crippen LogP contribution in [-0.2, 0) is 5.75 Å². The first-order chi connectivity index (χ1) is 8.60. The molecule has 1 aromatic carbocycles. The van der Waals surface area contributed by atoms with Crippen LogP contribution >= 0.6 is 11.8 Å². The van der Waals surface area contributed by atoms with E-state index in [-0.39, 0.29) is 11.7 Å². The Morgan fingerprint density at radius 2 is 2.06 bits per heavy atom. The zero-order valence-electron chi connectivity index (χ0n) is 11.2. The van der Waals surface area contributed by atoms with E-state index in [9.17, 15) is 4.79 Å². The van der Waals surface area contributed by atoms with Gasteiger partial charge in [0, 0.05) is 17.4 Å². The van der Waals surface area contributed by atoms with Gasteiger partial charge in [-0.25, -0.2) is 0 Å². The third kappa shape index (κ3) is 2.09. The van der Waals surface area contributed by atoms with Crippen LogP contribution in [0.25, 0.3) is 0 Å². The van der Waals surface area contributed by atoms with E-state index in [1.54, 1.807) is 26.0 Å². The largest absolute Gasteiger partial charge is 0.493 e. The van der Waals surface area contributed by atoms with Gasteiger partial charge in [0.05, 0.1) is 19.8 Å². The summed E-state index contributed by atoms with van der Waals surface area (Å²) in [5.41, 5.74) is 2.90. The fraction of sp³-hybridized carbons (Fsp3) is 0.500. The molecule has 2 rings (SSSR count). The Bertz CT molecular complexity index is 482. The molecule has 18 heavy (non-hydrogen) atoms. The van der Waals surface area contributed by atoms with Crippen molar-refractivity contribution in [2.45, 2.75) is 19.6 Å². The second-order valence-corrected chi connectivity index (χ2v) is 5.59. The Labute approximate surface area is 112 Å². The van der Waals surface area contributed by atoms with Gasteiger partial charge in [-0.15, -0.1) is 0 Å². The lowest BCUT2D eigenvalue weighted by molar-refractivity contribution is 0.0938. The molecule has 4 heteroatoms. The van der Waals surface area contributed by atoms with Crippen LogP contribution in [-0.4, -0.2) is 25.8 Å². The van der Waals surface area contributed by atoms with Crippen molar-refractivity contribution in [3.8, 4) is 11.5 Å². The molecular weight excluding hydrogens is 248 g/mol. The van der Waals surface area contributed by atoms with Gasteiger partial charge in [0.2, 0.25) is 0 Å². The minimum absolute atomic E-state index is 0.0247. The van der Waals surface area contributed by atoms with Gasteiger partial charge in [0.15, 0.2) is 17.3 Å². The normalized spacial score (nSPS) is 19.1. The molecule has 0 radical (unpaired) electrons. The summed E-state index contributed by atoms with van der Waals surface area (Å²) in [6.07, 6.45) is 0. The van der Waals surface area contributed by atoms with Crippen LogP contribution in [0.5, 0.6) is 11.5 Å². The summed E-state index contributed by atoms with van der Waals surface area (Å²) in [4.78, 5) is 12.5. The fourth-order valence-corrected chi connectivity index (χ4v) is 3.47. The molecule has 3 nitrogen and oxygen atoms in total. The molecule has 1 unspecified atom stereocenters. The maximum Gasteiger partial charge on any atom is 0.171 e. The monoisotopic (exact) mass is 266 g/mol. The van der Waals surface area contributed by atoms with Gasteiger partial charge >= 0.3 is 0 Å². The Kier molecular flexibility index (Phi) is 3.85. The number of Topliss-reactive ketones (excluding diaryl/α,β-unsaturated/α-hetero) is 1. The van der Waals surface area contributed by atoms with Gasteiger partial charge in [-0.2, -0.15) is 11.8 Å². The van der Waals surface area contributed by atoms with Crippen molar-refractivity contribution in [2.24, 2.45) is 5.92 Å². The molecule has 0 saturated heterocycles. The van der Waals surface area contributed by atoms with Gasteiger partial charge in [0.25, 0.3) is 0 Å². The molecule has 0 saturated carbocycles. The highest BCUT2D eigenvalue weighted by Crippen LogP contribution is 2.40. The molecule has 0 aromatic heterocycles. The lowest BCUT2D eigenvalue weighted by atomic mass is 9.93. The van der Waals surface area contributed by atoms with E-state index in [4.69, 9.17) is 9.47 Å². The van der Waals surface area contributed by atoms with Crippen LogP contribution in [0.2, 0.25) is 0 Å². The quantitative estimate of drug-likeness (QED) is 0.824. The van der Waals surface area contributed by atoms with Crippen LogP contribution in [0.15, 0.2) is 6.07 Å². The summed E-state index contributed by atoms with van der Waals surface area (Å²) in [5, 5.41) is 0. The van der Waals surface area contributed by atoms with E-state index in [1.807, 2.05) is 19.9 Å². The molecule has 1 aliphatic heterocycles. The SMILES string of the molecule is COc1cc(C)c2c(c1OC)C(=O)C(C)CSC2. The number of methoxy groups -OCH3 is 2. The average molecular weight is 266 g/mol. The third-order valence-electron chi connectivity index (χ3n) is 3.31. The number of rotatable bonds is 2. The molecule has 1 heterocycles. The first kappa shape index (κ1) is 13.3. The Morgan fingerprint density at radius 1 is 1.33 bits per heavy atom. The lowest BCUT2D eigenvalue weighted by Gasteiger charge is -2.17. The molecule has 0 amide bonds. The van der Waals surface area contributed by atoms with Crippen LogP contribution in [0.1, 0.15) is 28.4 Å². The van der Waals surface area contributed by atoms with Gasteiger partial charge < -0.3 is 9.47 Å². The number of ether oxygens (including phenoxy) is 2. The van der Waals surface area contributed by atoms with Crippen molar-refractivity contribution in [1.82, 2.24) is 0 Å². The molecule has 0 N–H and O–H groups in total. The average Bonchev–Trinajstić information content (AvgIpc) is 2.51. The maximum absolute atomic E-state index is 12.5. The van der Waals surface area contributed by atoms with E-state index in [2.05, 4.69) is 0 Å². The van der Waals surface area contributed by atoms with Crippen LogP contribution < -0.4 is 9.47 Å². The first-order valence-electron chi connectivity index (χ1n) is 5.96. The van der Waals surface area contributed by atoms with E-state index in [0.29, 0.717) is 17.1 Å². The molecular formula is C14H18O3S. The van der Waals surface area contributed by atoms with Crippen LogP contribution in [0, 0.1) is 12.8 Å². The first-order valence-corrected chi connectivity index (χ1v) is 7.12. The summed E-state index contributed by atoms with van der Waals surface area (Å²) < 4.78 is 10.7. The zero-order valence-corrected chi connectivity index (χ0v) is 12.0. The second kappa shape index (κ2) is 5.22. The number of ketones is 1. The molecule has 0 bridgehead atoms. The van der Waals surface area contributed by atoms with E-state index >= 15 is 0 Å². The topological polar surface area (TPSA) is 35.5 Å². The number of benzene rings is 1. The summed E-state index contributed by atoms with van der Waals surface area (Å²) in [5.74, 6) is 3.12. The van der Waals surface area contributed by atoms with E-state index in [1.165, 1.54) is 0 Å². The highest BCUT2D eigenvalue weighted by Gasteiger charge is 2.29. The third-order valence-corrected chi connectivity index (χ3v) is 4.54. The summed E-state index contributed by atoms with van der Waals surface area (Å²) in [6, 6.07) is 1.95. The number of thioether (sulfide) groups is 1. The van der Waals surface area contributed by atoms with Crippen molar-refractivity contribution >= 4 is 17.5 Å². The van der Waals surface area contributed by atoms with E-state index in [0.717, 1.165) is 22.6 Å². The maximum atomic E-state index is 12.5. The van der Waals surface area contributed by atoms with Crippen molar-refractivity contribution in [3.05, 3.63) is 22.8 Å². The molecule has 1 aromatic rings. The summed E-state index contributed by atoms with van der Waals surface area (Å²) in [7, 11) is 3.19. The van der Waals surface area contributed by atoms with Gasteiger partial charge in [0.1, 0.15) is 0 Å². The second-order valence-electron chi connectivity index (χ2n) is 4.56. The highest BCUT2D eigenvalue weighted by molar-refractivity contribution is 7.98. The Morgan fingerprint density at radius 3 is 2.67 bits per heavy atom. The Hall–Kier alpha value is -1.16. The number of carbonyl (C=O) groups is 1. The highest BCUT2D eigenvalue weighted by atomic mass is 32.2. The zero-order chi connectivity index (χ0) is 13.3. The van der Waals surface area contributed by atoms with Gasteiger partial charge in [-0.1, -0.05) is 6.92 Å². The van der Waals surface area contributed by atoms with Crippen molar-refractivity contribution in [3.63, 3.8) is 0 Å². The van der Waals surface area contributed by atoms with E-state index < -0.39 is 0 Å². The lowest BCUT2D eigenvalue weighted by Crippen LogP contribution is -2.15. The smallest absolute Gasteiger partial charge is 0.171 e. The van der Waals surface area contributed by atoms with Crippen molar-refractivity contribution in [2.75, 3.05) is 20.0 Å². The standard InChI is InChI=1S/C14H18O3S/c1-8-5-11(16-3)14(17-4)12-10(8)7-18-6-9(2)13(12)15/h5,9H,6-7H2,1-4H3.